The van der Waals surface area contributed by atoms with Crippen LogP contribution >= 0.6 is 11.6 Å². The van der Waals surface area contributed by atoms with Crippen molar-refractivity contribution in [3.63, 3.8) is 0 Å². The summed E-state index contributed by atoms with van der Waals surface area (Å²) in [5.41, 5.74) is 6.06. The number of amides is 2. The Morgan fingerprint density at radius 2 is 1.93 bits per heavy atom. The molecule has 1 rings (SSSR count). The zero-order valence-electron chi connectivity index (χ0n) is 8.29. The van der Waals surface area contributed by atoms with Crippen molar-refractivity contribution in [1.29, 1.82) is 0 Å². The van der Waals surface area contributed by atoms with Crippen LogP contribution in [0.25, 0.3) is 0 Å². The number of urea groups is 1. The molecule has 0 aromatic heterocycles. The van der Waals surface area contributed by atoms with Crippen LogP contribution in [0.4, 0.5) is 4.79 Å². The Balaban J connectivity index is 2.15. The number of primary amides is 1. The Morgan fingerprint density at radius 1 is 1.27 bits per heavy atom. The second-order valence-electron chi connectivity index (χ2n) is 3.09. The summed E-state index contributed by atoms with van der Waals surface area (Å²) >= 11 is 5.75. The smallest absolute Gasteiger partial charge is 0.312 e. The maximum atomic E-state index is 10.3. The Hall–Kier alpha value is -1.26. The molecular formula is C10H14ClN3O. The van der Waals surface area contributed by atoms with Gasteiger partial charge in [-0.05, 0) is 17.7 Å². The number of benzene rings is 1. The first kappa shape index (κ1) is 11.8. The van der Waals surface area contributed by atoms with Gasteiger partial charge in [0.05, 0.1) is 0 Å². The van der Waals surface area contributed by atoms with Crippen molar-refractivity contribution in [2.45, 2.75) is 6.54 Å². The summed E-state index contributed by atoms with van der Waals surface area (Å²) < 4.78 is 0. The molecule has 0 atom stereocenters. The normalized spacial score (nSPS) is 9.93. The van der Waals surface area contributed by atoms with Crippen LogP contribution in [-0.4, -0.2) is 19.1 Å². The molecule has 1 aromatic carbocycles. The standard InChI is InChI=1S/C10H14ClN3O/c11-9-3-1-8(2-4-9)7-13-5-6-14-10(12)15/h1-4,13H,5-7H2,(H3,12,14,15). The van der Waals surface area contributed by atoms with Crippen LogP contribution in [0.3, 0.4) is 0 Å². The molecule has 0 aliphatic heterocycles. The van der Waals surface area contributed by atoms with Crippen LogP contribution in [0.5, 0.6) is 0 Å². The molecule has 5 heteroatoms. The lowest BCUT2D eigenvalue weighted by Gasteiger charge is -2.05. The van der Waals surface area contributed by atoms with Gasteiger partial charge in [-0.2, -0.15) is 0 Å². The molecule has 82 valence electrons. The summed E-state index contributed by atoms with van der Waals surface area (Å²) in [5, 5.41) is 6.39. The molecule has 4 N–H and O–H groups in total. The number of rotatable bonds is 5. The lowest BCUT2D eigenvalue weighted by molar-refractivity contribution is 0.249. The van der Waals surface area contributed by atoms with E-state index in [1.54, 1.807) is 0 Å². The molecule has 0 bridgehead atoms. The molecule has 0 saturated heterocycles. The number of hydrogen-bond acceptors (Lipinski definition) is 2. The van der Waals surface area contributed by atoms with Crippen LogP contribution in [0.1, 0.15) is 5.56 Å². The second-order valence-corrected chi connectivity index (χ2v) is 3.53. The van der Waals surface area contributed by atoms with Crippen molar-refractivity contribution in [2.75, 3.05) is 13.1 Å². The maximum absolute atomic E-state index is 10.3. The number of carbonyl (C=O) groups excluding carboxylic acids is 1. The van der Waals surface area contributed by atoms with E-state index in [9.17, 15) is 4.79 Å². The van der Waals surface area contributed by atoms with E-state index in [4.69, 9.17) is 17.3 Å². The van der Waals surface area contributed by atoms with Crippen LogP contribution in [0, 0.1) is 0 Å². The van der Waals surface area contributed by atoms with Crippen LogP contribution < -0.4 is 16.4 Å². The van der Waals surface area contributed by atoms with Gasteiger partial charge in [0.1, 0.15) is 0 Å². The third-order valence-corrected chi connectivity index (χ3v) is 2.10. The number of nitrogens with two attached hydrogens (primary N) is 1. The minimum atomic E-state index is -0.497. The number of nitrogens with one attached hydrogen (secondary N) is 2. The summed E-state index contributed by atoms with van der Waals surface area (Å²) in [5.74, 6) is 0. The summed E-state index contributed by atoms with van der Waals surface area (Å²) in [4.78, 5) is 10.3. The molecule has 0 spiro atoms. The second kappa shape index (κ2) is 6.27. The van der Waals surface area contributed by atoms with E-state index < -0.39 is 6.03 Å². The van der Waals surface area contributed by atoms with Gasteiger partial charge in [-0.1, -0.05) is 23.7 Å². The highest BCUT2D eigenvalue weighted by Gasteiger charge is 1.93. The lowest BCUT2D eigenvalue weighted by Crippen LogP contribution is -2.35. The number of carbonyl (C=O) groups is 1. The maximum Gasteiger partial charge on any atom is 0.312 e. The first-order valence-corrected chi connectivity index (χ1v) is 5.05. The van der Waals surface area contributed by atoms with E-state index in [0.717, 1.165) is 17.1 Å². The summed E-state index contributed by atoms with van der Waals surface area (Å²) in [6, 6.07) is 7.11. The Kier molecular flexibility index (Phi) is 4.93. The predicted molar refractivity (Wildman–Crippen MR) is 60.7 cm³/mol. The fourth-order valence-corrected chi connectivity index (χ4v) is 1.24. The van der Waals surface area contributed by atoms with Gasteiger partial charge in [0.2, 0.25) is 0 Å². The van der Waals surface area contributed by atoms with E-state index in [0.29, 0.717) is 13.1 Å². The molecule has 0 saturated carbocycles. The van der Waals surface area contributed by atoms with Crippen LogP contribution in [-0.2, 0) is 6.54 Å². The van der Waals surface area contributed by atoms with Crippen LogP contribution in [0.15, 0.2) is 24.3 Å². The number of halogens is 1. The molecule has 1 aromatic rings. The van der Waals surface area contributed by atoms with E-state index in [2.05, 4.69) is 10.6 Å². The van der Waals surface area contributed by atoms with E-state index in [1.807, 2.05) is 24.3 Å². The first-order valence-electron chi connectivity index (χ1n) is 4.67. The molecule has 4 nitrogen and oxygen atoms in total. The van der Waals surface area contributed by atoms with Crippen molar-refractivity contribution in [3.05, 3.63) is 34.9 Å². The van der Waals surface area contributed by atoms with Gasteiger partial charge in [-0.25, -0.2) is 4.79 Å². The molecule has 0 aliphatic carbocycles. The fraction of sp³-hybridized carbons (Fsp3) is 0.300. The molecular weight excluding hydrogens is 214 g/mol. The Morgan fingerprint density at radius 3 is 2.53 bits per heavy atom. The third-order valence-electron chi connectivity index (χ3n) is 1.84. The summed E-state index contributed by atoms with van der Waals surface area (Å²) in [6.07, 6.45) is 0. The van der Waals surface area contributed by atoms with Gasteiger partial charge in [0.25, 0.3) is 0 Å². The minimum absolute atomic E-state index is 0.497. The molecule has 0 heterocycles. The van der Waals surface area contributed by atoms with Gasteiger partial charge in [0, 0.05) is 24.7 Å². The van der Waals surface area contributed by atoms with Crippen molar-refractivity contribution in [2.24, 2.45) is 5.73 Å². The molecule has 0 radical (unpaired) electrons. The van der Waals surface area contributed by atoms with Gasteiger partial charge in [-0.3, -0.25) is 0 Å². The van der Waals surface area contributed by atoms with Crippen LogP contribution in [0.2, 0.25) is 5.02 Å². The van der Waals surface area contributed by atoms with Gasteiger partial charge in [-0.15, -0.1) is 0 Å². The molecule has 0 aliphatic rings. The highest BCUT2D eigenvalue weighted by Crippen LogP contribution is 2.08. The Bertz CT molecular complexity index is 313. The topological polar surface area (TPSA) is 67.2 Å². The lowest BCUT2D eigenvalue weighted by atomic mass is 10.2. The molecule has 15 heavy (non-hydrogen) atoms. The third kappa shape index (κ3) is 5.24. The Labute approximate surface area is 93.8 Å². The number of hydrogen-bond donors (Lipinski definition) is 3. The quantitative estimate of drug-likeness (QED) is 0.660. The fourth-order valence-electron chi connectivity index (χ4n) is 1.11. The summed E-state index contributed by atoms with van der Waals surface area (Å²) in [7, 11) is 0. The monoisotopic (exact) mass is 227 g/mol. The largest absolute Gasteiger partial charge is 0.352 e. The average molecular weight is 228 g/mol. The first-order chi connectivity index (χ1) is 7.18. The van der Waals surface area contributed by atoms with E-state index >= 15 is 0 Å². The molecule has 0 unspecified atom stereocenters. The molecule has 0 fully saturated rings. The zero-order chi connectivity index (χ0) is 11.1. The highest BCUT2D eigenvalue weighted by molar-refractivity contribution is 6.30. The highest BCUT2D eigenvalue weighted by atomic mass is 35.5. The van der Waals surface area contributed by atoms with Crippen molar-refractivity contribution >= 4 is 17.6 Å². The van der Waals surface area contributed by atoms with Crippen molar-refractivity contribution in [1.82, 2.24) is 10.6 Å². The summed E-state index contributed by atoms with van der Waals surface area (Å²) in [6.45, 7) is 1.96. The average Bonchev–Trinajstić information content (AvgIpc) is 2.20. The predicted octanol–water partition coefficient (Wildman–Crippen LogP) is 1.10. The molecule has 2 amide bonds. The van der Waals surface area contributed by atoms with Crippen molar-refractivity contribution in [3.8, 4) is 0 Å². The van der Waals surface area contributed by atoms with E-state index in [1.165, 1.54) is 0 Å². The zero-order valence-corrected chi connectivity index (χ0v) is 9.05. The minimum Gasteiger partial charge on any atom is -0.352 e. The van der Waals surface area contributed by atoms with E-state index in [-0.39, 0.29) is 0 Å². The SMILES string of the molecule is NC(=O)NCCNCc1ccc(Cl)cc1. The van der Waals surface area contributed by atoms with Crippen molar-refractivity contribution < 1.29 is 4.79 Å². The van der Waals surface area contributed by atoms with Gasteiger partial charge >= 0.3 is 6.03 Å². The van der Waals surface area contributed by atoms with Gasteiger partial charge < -0.3 is 16.4 Å². The van der Waals surface area contributed by atoms with Gasteiger partial charge in [0.15, 0.2) is 0 Å².